The molecule has 0 aromatic heterocycles. The first kappa shape index (κ1) is 7.15. The van der Waals surface area contributed by atoms with Crippen LogP contribution in [0.15, 0.2) is 0 Å². The van der Waals surface area contributed by atoms with Crippen LogP contribution in [0, 0.1) is 0 Å². The van der Waals surface area contributed by atoms with Gasteiger partial charge in [-0.1, -0.05) is 0 Å². The smallest absolute Gasteiger partial charge is 0.224 e. The third-order valence-corrected chi connectivity index (χ3v) is 3.60. The van der Waals surface area contributed by atoms with Gasteiger partial charge in [0.2, 0.25) is 0 Å². The minimum atomic E-state index is -2.82. The molecule has 0 N–H and O–H groups in total. The predicted molar refractivity (Wildman–Crippen MR) is 24.2 cm³/mol. The molecule has 0 atom stereocenters. The molecule has 0 aromatic carbocycles. The Labute approximate surface area is 43.8 Å². The molecule has 4 nitrogen and oxygen atoms in total. The predicted octanol–water partition coefficient (Wildman–Crippen LogP) is 1.90. The number of rotatable bonds is 2. The minimum Gasteiger partial charge on any atom is -0.224 e. The van der Waals surface area contributed by atoms with E-state index in [0.29, 0.717) is 0 Å². The molecular weight excluding hydrogens is 158 g/mol. The molecule has 0 saturated carbocycles. The number of hydrogen-bond donors (Lipinski definition) is 0. The van der Waals surface area contributed by atoms with Crippen molar-refractivity contribution in [1.82, 2.24) is 0 Å². The molecule has 0 fully saturated rings. The van der Waals surface area contributed by atoms with Crippen LogP contribution in [0.25, 0.3) is 0 Å². The Bertz CT molecular complexity index is 138. The van der Waals surface area contributed by atoms with Crippen LogP contribution in [-0.4, -0.2) is 0 Å². The lowest BCUT2D eigenvalue weighted by atomic mass is 15.9. The Morgan fingerprint density at radius 1 is 0.857 bits per heavy atom. The van der Waals surface area contributed by atoms with E-state index in [-0.39, 0.29) is 11.0 Å². The van der Waals surface area contributed by atoms with Crippen molar-refractivity contribution in [3.63, 3.8) is 0 Å². The summed E-state index contributed by atoms with van der Waals surface area (Å²) >= 11 is -0.0833. The van der Waals surface area contributed by atoms with Gasteiger partial charge in [-0.3, -0.25) is 0 Å². The van der Waals surface area contributed by atoms with Gasteiger partial charge in [0.15, 0.2) is 0 Å². The highest BCUT2D eigenvalue weighted by molar-refractivity contribution is 8.76. The maximum Gasteiger partial charge on any atom is 0.392 e. The topological polar surface area (TPSA) is 68.3 Å². The Morgan fingerprint density at radius 2 is 1.14 bits per heavy atom. The van der Waals surface area contributed by atoms with Gasteiger partial charge in [0.25, 0.3) is 0 Å². The maximum absolute atomic E-state index is 9.43. The Balaban J connectivity index is 3.77. The summed E-state index contributed by atoms with van der Waals surface area (Å²) < 4.78 is 37.7. The average molecular weight is 158 g/mol. The molecule has 0 aliphatic carbocycles. The number of hydrogen-bond acceptors (Lipinski definition) is 5. The van der Waals surface area contributed by atoms with Crippen LogP contribution in [0.3, 0.4) is 0 Å². The van der Waals surface area contributed by atoms with Crippen molar-refractivity contribution in [3.8, 4) is 0 Å². The fourth-order valence-electron chi connectivity index (χ4n) is 0.0544. The summed E-state index contributed by atoms with van der Waals surface area (Å²) in [6.07, 6.45) is 0. The molecule has 0 spiro atoms. The van der Waals surface area contributed by atoms with Gasteiger partial charge in [0, 0.05) is 0 Å². The third kappa shape index (κ3) is 6.15. The molecule has 0 heterocycles. The molecule has 0 radical (unpaired) electrons. The molecule has 0 aromatic rings. The Morgan fingerprint density at radius 3 is 1.14 bits per heavy atom. The molecule has 40 valence electrons. The molecule has 0 aliphatic heterocycles. The van der Waals surface area contributed by atoms with Crippen molar-refractivity contribution < 1.29 is 18.3 Å². The normalized spacial score (nSPS) is 8.00. The second-order valence-corrected chi connectivity index (χ2v) is 5.34. The lowest BCUT2D eigenvalue weighted by molar-refractivity contribution is 0.526. The first-order valence-electron chi connectivity index (χ1n) is 1.10. The second kappa shape index (κ2) is 3.19. The van der Waals surface area contributed by atoms with Crippen LogP contribution in [-0.2, 0) is 18.3 Å². The van der Waals surface area contributed by atoms with Gasteiger partial charge in [0.05, 0.1) is 0 Å². The molecule has 0 saturated heterocycles. The van der Waals surface area contributed by atoms with Crippen molar-refractivity contribution in [3.05, 3.63) is 0 Å². The van der Waals surface area contributed by atoms with Crippen molar-refractivity contribution >= 4 is 24.8 Å². The second-order valence-electron chi connectivity index (χ2n) is 0.529. The fraction of sp³-hybridized carbons (Fsp3) is 0. The minimum absolute atomic E-state index is 0.0833. The van der Waals surface area contributed by atoms with Gasteiger partial charge >= 0.3 is 13.8 Å². The van der Waals surface area contributed by atoms with Crippen LogP contribution in [0.5, 0.6) is 0 Å². The van der Waals surface area contributed by atoms with Crippen molar-refractivity contribution in [2.24, 2.45) is 0 Å². The van der Waals surface area contributed by atoms with E-state index in [1.165, 1.54) is 0 Å². The van der Waals surface area contributed by atoms with Gasteiger partial charge in [-0.25, -0.2) is 18.3 Å². The summed E-state index contributed by atoms with van der Waals surface area (Å²) in [6, 6.07) is 0. The van der Waals surface area contributed by atoms with E-state index in [0.717, 1.165) is 0 Å². The molecule has 0 rings (SSSR count). The molecule has 7 heteroatoms. The Hall–Kier alpha value is 0.150. The summed E-state index contributed by atoms with van der Waals surface area (Å²) in [6.45, 7) is -5.64. The molecule has 0 bridgehead atoms. The van der Waals surface area contributed by atoms with E-state index in [1.807, 2.05) is 0 Å². The molecule has 0 aliphatic rings. The van der Waals surface area contributed by atoms with Crippen molar-refractivity contribution in [1.29, 1.82) is 0 Å². The van der Waals surface area contributed by atoms with Crippen LogP contribution in [0.2, 0.25) is 0 Å². The Kier molecular flexibility index (Phi) is 3.26. The first-order valence-corrected chi connectivity index (χ1v) is 5.48. The summed E-state index contributed by atoms with van der Waals surface area (Å²) in [7, 11) is 0. The van der Waals surface area contributed by atoms with Gasteiger partial charge < -0.3 is 0 Å². The highest BCUT2D eigenvalue weighted by Gasteiger charge is 1.95. The van der Waals surface area contributed by atoms with Gasteiger partial charge in [0.1, 0.15) is 11.0 Å². The highest BCUT2D eigenvalue weighted by atomic mass is 33.1. The van der Waals surface area contributed by atoms with Gasteiger partial charge in [-0.05, 0) is 0 Å². The van der Waals surface area contributed by atoms with E-state index in [4.69, 9.17) is 0 Å². The SMILES string of the molecule is O=P(=O)SP(=O)=O. The summed E-state index contributed by atoms with van der Waals surface area (Å²) in [5.74, 6) is 0. The monoisotopic (exact) mass is 158 g/mol. The van der Waals surface area contributed by atoms with Crippen LogP contribution >= 0.6 is 24.8 Å². The van der Waals surface area contributed by atoms with Gasteiger partial charge in [-0.2, -0.15) is 0 Å². The zero-order chi connectivity index (χ0) is 5.86. The van der Waals surface area contributed by atoms with Gasteiger partial charge in [-0.15, -0.1) is 0 Å². The van der Waals surface area contributed by atoms with E-state index >= 15 is 0 Å². The molecule has 0 amide bonds. The standard InChI is InChI=1S/O4P2S/c1-5(2)7-6(3)4. The zero-order valence-corrected chi connectivity index (χ0v) is 5.54. The van der Waals surface area contributed by atoms with E-state index in [2.05, 4.69) is 0 Å². The van der Waals surface area contributed by atoms with Crippen LogP contribution in [0.1, 0.15) is 0 Å². The maximum atomic E-state index is 9.43. The fourth-order valence-corrected chi connectivity index (χ4v) is 1.47. The largest absolute Gasteiger partial charge is 0.392 e. The molecular formula is O4P2S. The van der Waals surface area contributed by atoms with Crippen molar-refractivity contribution in [2.75, 3.05) is 0 Å². The summed E-state index contributed by atoms with van der Waals surface area (Å²) in [4.78, 5) is 0. The lowest BCUT2D eigenvalue weighted by Crippen LogP contribution is -1.18. The summed E-state index contributed by atoms with van der Waals surface area (Å²) in [5, 5.41) is 0. The van der Waals surface area contributed by atoms with E-state index < -0.39 is 13.8 Å². The zero-order valence-electron chi connectivity index (χ0n) is 2.94. The average Bonchev–Trinajstić information content (AvgIpc) is 1.27. The van der Waals surface area contributed by atoms with E-state index in [9.17, 15) is 18.3 Å². The quantitative estimate of drug-likeness (QED) is 0.574. The third-order valence-electron chi connectivity index (χ3n) is 0.133. The van der Waals surface area contributed by atoms with E-state index in [1.54, 1.807) is 0 Å². The molecule has 0 unspecified atom stereocenters. The highest BCUT2D eigenvalue weighted by Crippen LogP contribution is 2.40. The van der Waals surface area contributed by atoms with Crippen LogP contribution in [0.4, 0.5) is 0 Å². The first-order chi connectivity index (χ1) is 3.13. The van der Waals surface area contributed by atoms with Crippen LogP contribution < -0.4 is 0 Å². The molecule has 7 heavy (non-hydrogen) atoms. The lowest BCUT2D eigenvalue weighted by Gasteiger charge is -1.56. The van der Waals surface area contributed by atoms with Crippen molar-refractivity contribution in [2.45, 2.75) is 0 Å². The summed E-state index contributed by atoms with van der Waals surface area (Å²) in [5.41, 5.74) is 0.